The van der Waals surface area contributed by atoms with Gasteiger partial charge in [-0.05, 0) is 6.92 Å². The molecule has 0 aromatic rings. The normalized spacial score (nSPS) is 5.92. The number of aliphatic carboxylic acids is 2. The van der Waals surface area contributed by atoms with Crippen LogP contribution in [0.3, 0.4) is 0 Å². The summed E-state index contributed by atoms with van der Waals surface area (Å²) in [6, 6.07) is 0. The average molecular weight is 336 g/mol. The Balaban J connectivity index is -0.0000000546. The average Bonchev–Trinajstić information content (AvgIpc) is 1.89. The minimum atomic E-state index is -0.981. The maximum absolute atomic E-state index is 9.60. The number of hydrogen-bond acceptors (Lipinski definition) is 2. The summed E-state index contributed by atoms with van der Waals surface area (Å²) >= 11 is 0. The molecule has 0 heterocycles. The Morgan fingerprint density at radius 1 is 1.23 bits per heavy atom. The molecule has 0 bridgehead atoms. The van der Waals surface area contributed by atoms with Crippen LogP contribution in [0.5, 0.6) is 0 Å². The van der Waals surface area contributed by atoms with Crippen molar-refractivity contribution in [2.75, 3.05) is 0 Å². The molecule has 0 saturated heterocycles. The van der Waals surface area contributed by atoms with Crippen LogP contribution in [-0.2, 0) is 75.0 Å². The minimum absolute atomic E-state index is 0. The summed E-state index contributed by atoms with van der Waals surface area (Å²) in [6.07, 6.45) is 0.833. The zero-order chi connectivity index (χ0) is 9.44. The van der Waals surface area contributed by atoms with Crippen molar-refractivity contribution in [2.45, 2.75) is 6.92 Å². The summed E-state index contributed by atoms with van der Waals surface area (Å²) in [5, 5.41) is 15.5. The topological polar surface area (TPSA) is 74.6 Å². The second kappa shape index (κ2) is 15.1. The van der Waals surface area contributed by atoms with E-state index in [1.54, 1.807) is 0 Å². The molecule has 0 aliphatic carbocycles. The quantitative estimate of drug-likeness (QED) is 0.735. The van der Waals surface area contributed by atoms with Crippen molar-refractivity contribution < 1.29 is 85.2 Å². The number of carboxylic acids is 2. The monoisotopic (exact) mass is 336 g/mol. The van der Waals surface area contributed by atoms with E-state index >= 15 is 0 Å². The maximum Gasteiger partial charge on any atom is 0.330 e. The predicted molar refractivity (Wildman–Crippen MR) is 40.3 cm³/mol. The summed E-state index contributed by atoms with van der Waals surface area (Å²) in [4.78, 5) is 18.8. The first-order valence-corrected chi connectivity index (χ1v) is 2.66. The van der Waals surface area contributed by atoms with Gasteiger partial charge in [-0.15, -0.1) is 0 Å². The molecule has 2 N–H and O–H groups in total. The van der Waals surface area contributed by atoms with Crippen LogP contribution in [0, 0.1) is 0 Å². The molecular weight excluding hydrogens is 326 g/mol. The van der Waals surface area contributed by atoms with E-state index < -0.39 is 11.9 Å². The molecule has 0 aliphatic rings. The van der Waals surface area contributed by atoms with Crippen molar-refractivity contribution in [3.8, 4) is 0 Å². The SMILES string of the molecule is C=C(C)C(=O)O.C=CC(=O)O.[Y].[Y]. The second-order valence-corrected chi connectivity index (χ2v) is 1.63. The molecule has 68 valence electrons. The maximum atomic E-state index is 9.60. The fourth-order valence-electron chi connectivity index (χ4n) is 0. The third-order valence-electron chi connectivity index (χ3n) is 0.540. The molecule has 0 aromatic carbocycles. The number of carbonyl (C=O) groups is 2. The summed E-state index contributed by atoms with van der Waals surface area (Å²) in [5.74, 6) is -1.92. The Labute approximate surface area is 127 Å². The first-order valence-electron chi connectivity index (χ1n) is 2.66. The molecule has 2 radical (unpaired) electrons. The van der Waals surface area contributed by atoms with Crippen LogP contribution in [0.15, 0.2) is 24.8 Å². The molecule has 0 amide bonds. The first-order chi connectivity index (χ1) is 4.91. The third-order valence-corrected chi connectivity index (χ3v) is 0.540. The van der Waals surface area contributed by atoms with E-state index in [0.717, 1.165) is 6.08 Å². The molecule has 0 rings (SSSR count). The third kappa shape index (κ3) is 32.5. The number of carboxylic acid groups (broad SMARTS) is 2. The summed E-state index contributed by atoms with van der Waals surface area (Å²) in [6.45, 7) is 7.56. The van der Waals surface area contributed by atoms with Gasteiger partial charge in [-0.25, -0.2) is 9.59 Å². The Morgan fingerprint density at radius 3 is 1.38 bits per heavy atom. The number of rotatable bonds is 2. The Hall–Kier alpha value is 0.628. The fourth-order valence-corrected chi connectivity index (χ4v) is 0. The smallest absolute Gasteiger partial charge is 0.330 e. The van der Waals surface area contributed by atoms with Gasteiger partial charge in [0.05, 0.1) is 0 Å². The molecule has 0 fully saturated rings. The van der Waals surface area contributed by atoms with Crippen LogP contribution < -0.4 is 0 Å². The Bertz CT molecular complexity index is 177. The zero-order valence-electron chi connectivity index (χ0n) is 7.36. The van der Waals surface area contributed by atoms with Crippen LogP contribution in [0.2, 0.25) is 0 Å². The van der Waals surface area contributed by atoms with E-state index in [0.29, 0.717) is 0 Å². The summed E-state index contributed by atoms with van der Waals surface area (Å²) in [7, 11) is 0. The van der Waals surface area contributed by atoms with Gasteiger partial charge in [0.2, 0.25) is 0 Å². The fraction of sp³-hybridized carbons (Fsp3) is 0.143. The van der Waals surface area contributed by atoms with E-state index in [2.05, 4.69) is 13.2 Å². The van der Waals surface area contributed by atoms with Crippen LogP contribution >= 0.6 is 0 Å². The van der Waals surface area contributed by atoms with Gasteiger partial charge >= 0.3 is 11.9 Å². The first kappa shape index (κ1) is 23.4. The molecule has 0 aliphatic heterocycles. The molecule has 0 atom stereocenters. The van der Waals surface area contributed by atoms with Crippen LogP contribution in [0.4, 0.5) is 0 Å². The van der Waals surface area contributed by atoms with Crippen molar-refractivity contribution in [3.05, 3.63) is 24.8 Å². The van der Waals surface area contributed by atoms with E-state index in [9.17, 15) is 9.59 Å². The van der Waals surface area contributed by atoms with Gasteiger partial charge in [0.1, 0.15) is 0 Å². The standard InChI is InChI=1S/C4H6O2.C3H4O2.2Y/c1-3(2)4(5)6;1-2-3(4)5;;/h1H2,2H3,(H,5,6);2H,1H2,(H,4,5);;. The molecule has 13 heavy (non-hydrogen) atoms. The second-order valence-electron chi connectivity index (χ2n) is 1.63. The van der Waals surface area contributed by atoms with Crippen LogP contribution in [-0.4, -0.2) is 22.2 Å². The molecule has 0 unspecified atom stereocenters. The van der Waals surface area contributed by atoms with Gasteiger partial charge in [-0.3, -0.25) is 0 Å². The van der Waals surface area contributed by atoms with Crippen molar-refractivity contribution in [1.29, 1.82) is 0 Å². The van der Waals surface area contributed by atoms with E-state index in [-0.39, 0.29) is 71.0 Å². The molecule has 0 aromatic heterocycles. The van der Waals surface area contributed by atoms with Gasteiger partial charge in [0.15, 0.2) is 0 Å². The minimum Gasteiger partial charge on any atom is -0.478 e. The zero-order valence-corrected chi connectivity index (χ0v) is 13.0. The molecular formula is C7H10O4Y2. The van der Waals surface area contributed by atoms with Gasteiger partial charge in [0, 0.05) is 77.1 Å². The van der Waals surface area contributed by atoms with Crippen molar-refractivity contribution in [3.63, 3.8) is 0 Å². The summed E-state index contributed by atoms with van der Waals surface area (Å²) in [5.41, 5.74) is 0.176. The van der Waals surface area contributed by atoms with E-state index in [1.165, 1.54) is 6.92 Å². The molecule has 4 nitrogen and oxygen atoms in total. The van der Waals surface area contributed by atoms with Crippen molar-refractivity contribution in [1.82, 2.24) is 0 Å². The number of hydrogen-bond donors (Lipinski definition) is 2. The van der Waals surface area contributed by atoms with E-state index in [1.807, 2.05) is 0 Å². The van der Waals surface area contributed by atoms with Crippen molar-refractivity contribution >= 4 is 11.9 Å². The largest absolute Gasteiger partial charge is 0.478 e. The van der Waals surface area contributed by atoms with Gasteiger partial charge < -0.3 is 10.2 Å². The Morgan fingerprint density at radius 2 is 1.38 bits per heavy atom. The van der Waals surface area contributed by atoms with Gasteiger partial charge in [0.25, 0.3) is 0 Å². The molecule has 0 saturated carbocycles. The van der Waals surface area contributed by atoms with Gasteiger partial charge in [-0.2, -0.15) is 0 Å². The molecule has 6 heteroatoms. The predicted octanol–water partition coefficient (Wildman–Crippen LogP) is 0.899. The van der Waals surface area contributed by atoms with Gasteiger partial charge in [-0.1, -0.05) is 13.2 Å². The Kier molecular flexibility index (Phi) is 27.3. The summed E-state index contributed by atoms with van der Waals surface area (Å²) < 4.78 is 0. The molecule has 0 spiro atoms. The van der Waals surface area contributed by atoms with Crippen molar-refractivity contribution in [2.24, 2.45) is 0 Å². The van der Waals surface area contributed by atoms with Crippen LogP contribution in [0.25, 0.3) is 0 Å². The van der Waals surface area contributed by atoms with E-state index in [4.69, 9.17) is 10.2 Å². The van der Waals surface area contributed by atoms with Crippen LogP contribution in [0.1, 0.15) is 6.92 Å².